The Morgan fingerprint density at radius 2 is 2.14 bits per heavy atom. The molecule has 1 aliphatic heterocycles. The number of hydrogen-bond donors (Lipinski definition) is 2. The Labute approximate surface area is 140 Å². The lowest BCUT2D eigenvalue weighted by Gasteiger charge is -2.23. The molecule has 9 heteroatoms. The van der Waals surface area contributed by atoms with E-state index in [1.807, 2.05) is 0 Å². The molecule has 4 nitrogen and oxygen atoms in total. The fourth-order valence-electron chi connectivity index (χ4n) is 2.01. The number of ether oxygens (including phenoxy) is 1. The molecular weight excluding hydrogens is 389 g/mol. The smallest absolute Gasteiger partial charge is 0.378 e. The van der Waals surface area contributed by atoms with Gasteiger partial charge in [-0.15, -0.1) is 12.4 Å². The van der Waals surface area contributed by atoms with Crippen molar-refractivity contribution in [3.8, 4) is 0 Å². The molecule has 1 aromatic carbocycles. The van der Waals surface area contributed by atoms with Gasteiger partial charge in [0.25, 0.3) is 0 Å². The predicted molar refractivity (Wildman–Crippen MR) is 82.2 cm³/mol. The first-order valence-corrected chi connectivity index (χ1v) is 7.12. The maximum Gasteiger partial charge on any atom is 0.416 e. The van der Waals surface area contributed by atoms with Gasteiger partial charge in [-0.25, -0.2) is 0 Å². The molecular formula is C13H15BrClF3N2O2. The normalized spacial score (nSPS) is 18.5. The van der Waals surface area contributed by atoms with Gasteiger partial charge in [-0.2, -0.15) is 13.2 Å². The molecule has 22 heavy (non-hydrogen) atoms. The highest BCUT2D eigenvalue weighted by Crippen LogP contribution is 2.33. The highest BCUT2D eigenvalue weighted by molar-refractivity contribution is 9.10. The summed E-state index contributed by atoms with van der Waals surface area (Å²) in [5.74, 6) is -0.357. The van der Waals surface area contributed by atoms with Crippen molar-refractivity contribution >= 4 is 39.9 Å². The standard InChI is InChI=1S/C13H14BrF3N2O2.ClH/c14-9-3-8(13(15,16)17)4-10(5-9)19-12(20)6-11-7-21-2-1-18-11;/h3-5,11,18H,1-2,6-7H2,(H,19,20);1H. The van der Waals surface area contributed by atoms with Gasteiger partial charge in [-0.1, -0.05) is 15.9 Å². The fraction of sp³-hybridized carbons (Fsp3) is 0.462. The first kappa shape index (κ1) is 19.2. The van der Waals surface area contributed by atoms with E-state index in [2.05, 4.69) is 26.6 Å². The van der Waals surface area contributed by atoms with Crippen LogP contribution in [0.25, 0.3) is 0 Å². The number of amides is 1. The van der Waals surface area contributed by atoms with E-state index in [4.69, 9.17) is 4.74 Å². The van der Waals surface area contributed by atoms with Gasteiger partial charge in [0.2, 0.25) is 5.91 Å². The van der Waals surface area contributed by atoms with Crippen molar-refractivity contribution in [1.29, 1.82) is 0 Å². The maximum atomic E-state index is 12.7. The summed E-state index contributed by atoms with van der Waals surface area (Å²) >= 11 is 3.01. The molecule has 0 bridgehead atoms. The van der Waals surface area contributed by atoms with E-state index in [1.165, 1.54) is 6.07 Å². The molecule has 1 unspecified atom stereocenters. The summed E-state index contributed by atoms with van der Waals surface area (Å²) in [5.41, 5.74) is -0.704. The molecule has 2 N–H and O–H groups in total. The summed E-state index contributed by atoms with van der Waals surface area (Å²) in [4.78, 5) is 11.8. The van der Waals surface area contributed by atoms with E-state index < -0.39 is 11.7 Å². The second-order valence-electron chi connectivity index (χ2n) is 4.70. The molecule has 1 aliphatic rings. The Balaban J connectivity index is 0.00000242. The number of alkyl halides is 3. The van der Waals surface area contributed by atoms with Crippen molar-refractivity contribution in [1.82, 2.24) is 5.32 Å². The summed E-state index contributed by atoms with van der Waals surface area (Å²) in [7, 11) is 0. The first-order valence-electron chi connectivity index (χ1n) is 6.33. The zero-order valence-corrected chi connectivity index (χ0v) is 13.8. The second kappa shape index (κ2) is 8.14. The lowest BCUT2D eigenvalue weighted by Crippen LogP contribution is -2.43. The topological polar surface area (TPSA) is 50.4 Å². The number of carbonyl (C=O) groups excluding carboxylic acids is 1. The highest BCUT2D eigenvalue weighted by atomic mass is 79.9. The molecule has 1 saturated heterocycles. The summed E-state index contributed by atoms with van der Waals surface area (Å²) in [6, 6.07) is 3.19. The van der Waals surface area contributed by atoms with Crippen molar-refractivity contribution in [2.75, 3.05) is 25.1 Å². The van der Waals surface area contributed by atoms with Crippen LogP contribution in [0.2, 0.25) is 0 Å². The van der Waals surface area contributed by atoms with Crippen molar-refractivity contribution in [3.05, 3.63) is 28.2 Å². The van der Waals surface area contributed by atoms with Gasteiger partial charge in [0.15, 0.2) is 0 Å². The summed E-state index contributed by atoms with van der Waals surface area (Å²) in [5, 5.41) is 5.59. The number of anilines is 1. The molecule has 2 rings (SSSR count). The zero-order chi connectivity index (χ0) is 15.5. The van der Waals surface area contributed by atoms with Crippen molar-refractivity contribution in [3.63, 3.8) is 0 Å². The van der Waals surface area contributed by atoms with Crippen molar-refractivity contribution in [2.24, 2.45) is 0 Å². The van der Waals surface area contributed by atoms with E-state index in [0.29, 0.717) is 19.8 Å². The van der Waals surface area contributed by atoms with E-state index in [-0.39, 0.29) is 40.9 Å². The van der Waals surface area contributed by atoms with Gasteiger partial charge in [0.05, 0.1) is 18.8 Å². The van der Waals surface area contributed by atoms with Crippen LogP contribution < -0.4 is 10.6 Å². The molecule has 0 spiro atoms. The van der Waals surface area contributed by atoms with Crippen LogP contribution in [0.15, 0.2) is 22.7 Å². The van der Waals surface area contributed by atoms with Crippen LogP contribution in [-0.4, -0.2) is 31.7 Å². The minimum absolute atomic E-state index is 0. The van der Waals surface area contributed by atoms with Gasteiger partial charge in [0, 0.05) is 29.2 Å². The van der Waals surface area contributed by atoms with Gasteiger partial charge < -0.3 is 15.4 Å². The Morgan fingerprint density at radius 3 is 2.73 bits per heavy atom. The third-order valence-electron chi connectivity index (χ3n) is 2.94. The van der Waals surface area contributed by atoms with Crippen LogP contribution in [0.1, 0.15) is 12.0 Å². The van der Waals surface area contributed by atoms with Crippen LogP contribution in [0.4, 0.5) is 18.9 Å². The molecule has 124 valence electrons. The second-order valence-corrected chi connectivity index (χ2v) is 5.62. The number of halogens is 5. The van der Waals surface area contributed by atoms with Crippen LogP contribution in [0, 0.1) is 0 Å². The summed E-state index contributed by atoms with van der Waals surface area (Å²) in [6.45, 7) is 1.67. The number of carbonyl (C=O) groups is 1. The molecule has 1 atom stereocenters. The third-order valence-corrected chi connectivity index (χ3v) is 3.40. The van der Waals surface area contributed by atoms with Crippen LogP contribution in [-0.2, 0) is 15.7 Å². The molecule has 1 fully saturated rings. The van der Waals surface area contributed by atoms with Crippen LogP contribution >= 0.6 is 28.3 Å². The summed E-state index contributed by atoms with van der Waals surface area (Å²) in [6.07, 6.45) is -4.31. The maximum absolute atomic E-state index is 12.7. The SMILES string of the molecule is Cl.O=C(CC1COCCN1)Nc1cc(Br)cc(C(F)(F)F)c1. The first-order chi connectivity index (χ1) is 9.84. The average Bonchev–Trinajstić information content (AvgIpc) is 2.37. The number of hydrogen-bond acceptors (Lipinski definition) is 3. The summed E-state index contributed by atoms with van der Waals surface area (Å²) < 4.78 is 43.6. The van der Waals surface area contributed by atoms with Crippen molar-refractivity contribution in [2.45, 2.75) is 18.6 Å². The average molecular weight is 404 g/mol. The van der Waals surface area contributed by atoms with E-state index in [0.717, 1.165) is 12.1 Å². The fourth-order valence-corrected chi connectivity index (χ4v) is 2.51. The number of benzene rings is 1. The van der Waals surface area contributed by atoms with Gasteiger partial charge in [0.1, 0.15) is 0 Å². The molecule has 0 saturated carbocycles. The van der Waals surface area contributed by atoms with E-state index in [1.54, 1.807) is 0 Å². The molecule has 0 radical (unpaired) electrons. The monoisotopic (exact) mass is 402 g/mol. The van der Waals surface area contributed by atoms with E-state index in [9.17, 15) is 18.0 Å². The molecule has 0 aromatic heterocycles. The Hall–Kier alpha value is -0.830. The number of morpholine rings is 1. The molecule has 1 amide bonds. The lowest BCUT2D eigenvalue weighted by molar-refractivity contribution is -0.137. The van der Waals surface area contributed by atoms with Crippen LogP contribution in [0.5, 0.6) is 0 Å². The Bertz CT molecular complexity index is 522. The number of rotatable bonds is 3. The quantitative estimate of drug-likeness (QED) is 0.815. The number of nitrogens with one attached hydrogen (secondary N) is 2. The zero-order valence-electron chi connectivity index (χ0n) is 11.4. The third kappa shape index (κ3) is 5.75. The molecule has 1 heterocycles. The van der Waals surface area contributed by atoms with Gasteiger partial charge in [-0.3, -0.25) is 4.79 Å². The Kier molecular flexibility index (Phi) is 7.11. The van der Waals surface area contributed by atoms with Crippen molar-refractivity contribution < 1.29 is 22.7 Å². The minimum Gasteiger partial charge on any atom is -0.378 e. The van der Waals surface area contributed by atoms with Gasteiger partial charge in [-0.05, 0) is 18.2 Å². The van der Waals surface area contributed by atoms with E-state index >= 15 is 0 Å². The molecule has 0 aliphatic carbocycles. The molecule has 1 aromatic rings. The lowest BCUT2D eigenvalue weighted by atomic mass is 10.1. The predicted octanol–water partition coefficient (Wildman–Crippen LogP) is 3.21. The van der Waals surface area contributed by atoms with Crippen LogP contribution in [0.3, 0.4) is 0 Å². The largest absolute Gasteiger partial charge is 0.416 e. The Morgan fingerprint density at radius 1 is 1.41 bits per heavy atom. The van der Waals surface area contributed by atoms with Gasteiger partial charge >= 0.3 is 6.18 Å². The highest BCUT2D eigenvalue weighted by Gasteiger charge is 2.31. The minimum atomic E-state index is -4.46.